The number of hydrogen-bond acceptors (Lipinski definition) is 3. The van der Waals surface area contributed by atoms with Crippen LogP contribution in [-0.4, -0.2) is 42.3 Å². The van der Waals surface area contributed by atoms with E-state index in [4.69, 9.17) is 0 Å². The second-order valence-electron chi connectivity index (χ2n) is 7.08. The molecule has 0 unspecified atom stereocenters. The van der Waals surface area contributed by atoms with Crippen LogP contribution in [0.2, 0.25) is 0 Å². The van der Waals surface area contributed by atoms with Gasteiger partial charge < -0.3 is 10.2 Å². The fourth-order valence-electron chi connectivity index (χ4n) is 2.97. The van der Waals surface area contributed by atoms with E-state index in [1.165, 1.54) is 6.07 Å². The van der Waals surface area contributed by atoms with E-state index in [1.54, 1.807) is 18.3 Å². The quantitative estimate of drug-likeness (QED) is 0.742. The van der Waals surface area contributed by atoms with Crippen molar-refractivity contribution >= 4 is 0 Å². The van der Waals surface area contributed by atoms with Gasteiger partial charge >= 0.3 is 6.18 Å². The number of nitrogens with one attached hydrogen (secondary N) is 2. The molecule has 144 valence electrons. The van der Waals surface area contributed by atoms with Crippen LogP contribution in [0.3, 0.4) is 0 Å². The van der Waals surface area contributed by atoms with Crippen LogP contribution in [0, 0.1) is 5.92 Å². The predicted molar refractivity (Wildman–Crippen MR) is 97.8 cm³/mol. The van der Waals surface area contributed by atoms with Crippen molar-refractivity contribution in [1.82, 2.24) is 20.4 Å². The minimum atomic E-state index is -4.37. The highest BCUT2D eigenvalue weighted by atomic mass is 19.4. The summed E-state index contributed by atoms with van der Waals surface area (Å²) in [6, 6.07) is 4.58. The SMILES string of the molecule is CNCCN(C)Cc1cn[nH]c1-c1ccc(CC(C)C)c(C(F)(F)F)c1. The summed E-state index contributed by atoms with van der Waals surface area (Å²) in [5.41, 5.74) is 1.81. The molecule has 1 heterocycles. The molecule has 7 heteroatoms. The second-order valence-corrected chi connectivity index (χ2v) is 7.08. The number of benzene rings is 1. The molecule has 0 saturated carbocycles. The van der Waals surface area contributed by atoms with Gasteiger partial charge in [0.05, 0.1) is 17.5 Å². The minimum absolute atomic E-state index is 0.158. The Balaban J connectivity index is 2.34. The Morgan fingerprint density at radius 1 is 1.23 bits per heavy atom. The molecular formula is C19H27F3N4. The van der Waals surface area contributed by atoms with E-state index in [2.05, 4.69) is 20.4 Å². The highest BCUT2D eigenvalue weighted by Gasteiger charge is 2.34. The average Bonchev–Trinajstić information content (AvgIpc) is 2.99. The van der Waals surface area contributed by atoms with Crippen molar-refractivity contribution in [2.24, 2.45) is 5.92 Å². The summed E-state index contributed by atoms with van der Waals surface area (Å²) in [7, 11) is 3.86. The molecule has 0 radical (unpaired) electrons. The summed E-state index contributed by atoms with van der Waals surface area (Å²) >= 11 is 0. The van der Waals surface area contributed by atoms with Crippen molar-refractivity contribution < 1.29 is 13.2 Å². The summed E-state index contributed by atoms with van der Waals surface area (Å²) in [5.74, 6) is 0.158. The number of H-pyrrole nitrogens is 1. The van der Waals surface area contributed by atoms with Crippen LogP contribution >= 0.6 is 0 Å². The lowest BCUT2D eigenvalue weighted by atomic mass is 9.94. The van der Waals surface area contributed by atoms with Crippen LogP contribution in [0.4, 0.5) is 13.2 Å². The van der Waals surface area contributed by atoms with E-state index in [0.29, 0.717) is 29.8 Å². The number of nitrogens with zero attached hydrogens (tertiary/aromatic N) is 2. The average molecular weight is 368 g/mol. The third-order valence-electron chi connectivity index (χ3n) is 4.23. The van der Waals surface area contributed by atoms with Gasteiger partial charge in [0.1, 0.15) is 0 Å². The van der Waals surface area contributed by atoms with E-state index in [1.807, 2.05) is 27.9 Å². The maximum Gasteiger partial charge on any atom is 0.416 e. The maximum atomic E-state index is 13.5. The monoisotopic (exact) mass is 368 g/mol. The lowest BCUT2D eigenvalue weighted by Gasteiger charge is -2.18. The molecule has 4 nitrogen and oxygen atoms in total. The predicted octanol–water partition coefficient (Wildman–Crippen LogP) is 3.95. The highest BCUT2D eigenvalue weighted by molar-refractivity contribution is 5.64. The van der Waals surface area contributed by atoms with Crippen LogP contribution < -0.4 is 5.32 Å². The molecule has 2 N–H and O–H groups in total. The molecule has 2 rings (SSSR count). The topological polar surface area (TPSA) is 44.0 Å². The Bertz CT molecular complexity index is 707. The minimum Gasteiger partial charge on any atom is -0.318 e. The Kier molecular flexibility index (Phi) is 6.83. The first-order valence-corrected chi connectivity index (χ1v) is 8.78. The van der Waals surface area contributed by atoms with Crippen LogP contribution in [0.1, 0.15) is 30.5 Å². The standard InChI is InChI=1S/C19H27F3N4/c1-13(2)9-14-5-6-15(10-17(14)19(20,21)22)18-16(11-24-25-18)12-26(4)8-7-23-3/h5-6,10-11,13,23H,7-9,12H2,1-4H3,(H,24,25). The number of halogens is 3. The Morgan fingerprint density at radius 2 is 1.96 bits per heavy atom. The zero-order chi connectivity index (χ0) is 19.3. The van der Waals surface area contributed by atoms with Gasteiger partial charge in [0.25, 0.3) is 0 Å². The van der Waals surface area contributed by atoms with Gasteiger partial charge in [-0.25, -0.2) is 0 Å². The zero-order valence-electron chi connectivity index (χ0n) is 15.7. The molecule has 0 aliphatic carbocycles. The van der Waals surface area contributed by atoms with Crippen molar-refractivity contribution in [1.29, 1.82) is 0 Å². The Morgan fingerprint density at radius 3 is 2.58 bits per heavy atom. The fraction of sp³-hybridized carbons (Fsp3) is 0.526. The molecular weight excluding hydrogens is 341 g/mol. The van der Waals surface area contributed by atoms with Crippen LogP contribution in [0.25, 0.3) is 11.3 Å². The van der Waals surface area contributed by atoms with Gasteiger partial charge in [-0.05, 0) is 38.1 Å². The number of aromatic amines is 1. The molecule has 0 fully saturated rings. The van der Waals surface area contributed by atoms with Crippen LogP contribution in [0.15, 0.2) is 24.4 Å². The zero-order valence-corrected chi connectivity index (χ0v) is 15.7. The third kappa shape index (κ3) is 5.32. The van der Waals surface area contributed by atoms with Crippen LogP contribution in [0.5, 0.6) is 0 Å². The molecule has 1 aromatic carbocycles. The van der Waals surface area contributed by atoms with Crippen molar-refractivity contribution in [2.45, 2.75) is 33.0 Å². The molecule has 0 aliphatic heterocycles. The number of aromatic nitrogens is 2. The van der Waals surface area contributed by atoms with Gasteiger partial charge in [-0.2, -0.15) is 18.3 Å². The third-order valence-corrected chi connectivity index (χ3v) is 4.23. The normalized spacial score (nSPS) is 12.3. The van der Waals surface area contributed by atoms with Gasteiger partial charge in [-0.1, -0.05) is 26.0 Å². The summed E-state index contributed by atoms with van der Waals surface area (Å²) in [6.07, 6.45) is -2.29. The summed E-state index contributed by atoms with van der Waals surface area (Å²) < 4.78 is 40.6. The smallest absolute Gasteiger partial charge is 0.318 e. The van der Waals surface area contributed by atoms with Crippen molar-refractivity contribution in [3.05, 3.63) is 41.1 Å². The van der Waals surface area contributed by atoms with E-state index in [9.17, 15) is 13.2 Å². The molecule has 2 aromatic rings. The fourth-order valence-corrected chi connectivity index (χ4v) is 2.97. The molecule has 0 saturated heterocycles. The maximum absolute atomic E-state index is 13.5. The molecule has 0 atom stereocenters. The Hall–Kier alpha value is -1.86. The first-order valence-electron chi connectivity index (χ1n) is 8.78. The largest absolute Gasteiger partial charge is 0.416 e. The Labute approximate surface area is 152 Å². The first-order chi connectivity index (χ1) is 12.2. The molecule has 0 spiro atoms. The van der Waals surface area contributed by atoms with E-state index in [-0.39, 0.29) is 5.92 Å². The molecule has 0 bridgehead atoms. The van der Waals surface area contributed by atoms with E-state index >= 15 is 0 Å². The van der Waals surface area contributed by atoms with Gasteiger partial charge in [0.2, 0.25) is 0 Å². The molecule has 0 amide bonds. The first kappa shape index (κ1) is 20.5. The van der Waals surface area contributed by atoms with Gasteiger partial charge in [0, 0.05) is 30.8 Å². The summed E-state index contributed by atoms with van der Waals surface area (Å²) in [5, 5.41) is 9.99. The van der Waals surface area contributed by atoms with Gasteiger partial charge in [-0.3, -0.25) is 5.10 Å². The molecule has 26 heavy (non-hydrogen) atoms. The summed E-state index contributed by atoms with van der Waals surface area (Å²) in [6.45, 7) is 6.13. The van der Waals surface area contributed by atoms with Crippen molar-refractivity contribution in [3.63, 3.8) is 0 Å². The summed E-state index contributed by atoms with van der Waals surface area (Å²) in [4.78, 5) is 2.10. The lowest BCUT2D eigenvalue weighted by Crippen LogP contribution is -2.27. The highest BCUT2D eigenvalue weighted by Crippen LogP contribution is 2.36. The van der Waals surface area contributed by atoms with E-state index in [0.717, 1.165) is 18.7 Å². The number of hydrogen-bond donors (Lipinski definition) is 2. The number of rotatable bonds is 8. The van der Waals surface area contributed by atoms with Crippen LogP contribution in [-0.2, 0) is 19.1 Å². The van der Waals surface area contributed by atoms with E-state index < -0.39 is 11.7 Å². The molecule has 0 aliphatic rings. The lowest BCUT2D eigenvalue weighted by molar-refractivity contribution is -0.138. The van der Waals surface area contributed by atoms with Crippen molar-refractivity contribution in [3.8, 4) is 11.3 Å². The van der Waals surface area contributed by atoms with Gasteiger partial charge in [-0.15, -0.1) is 0 Å². The number of likely N-dealkylation sites (N-methyl/N-ethyl adjacent to an activating group) is 2. The van der Waals surface area contributed by atoms with Crippen molar-refractivity contribution in [2.75, 3.05) is 27.2 Å². The molecule has 1 aromatic heterocycles. The second kappa shape index (κ2) is 8.68. The van der Waals surface area contributed by atoms with Gasteiger partial charge in [0.15, 0.2) is 0 Å². The number of alkyl halides is 3.